The Morgan fingerprint density at radius 1 is 1.30 bits per heavy atom. The van der Waals surface area contributed by atoms with Gasteiger partial charge in [0, 0.05) is 24.8 Å². The van der Waals surface area contributed by atoms with Crippen LogP contribution in [0.1, 0.15) is 32.1 Å². The Morgan fingerprint density at radius 2 is 2.13 bits per heavy atom. The summed E-state index contributed by atoms with van der Waals surface area (Å²) >= 11 is 0. The van der Waals surface area contributed by atoms with Crippen LogP contribution in [0.4, 0.5) is 0 Å². The van der Waals surface area contributed by atoms with E-state index in [1.165, 1.54) is 9.08 Å². The van der Waals surface area contributed by atoms with Gasteiger partial charge in [-0.3, -0.25) is 9.20 Å². The second kappa shape index (κ2) is 6.95. The summed E-state index contributed by atoms with van der Waals surface area (Å²) in [6.45, 7) is -0.0194. The third-order valence-corrected chi connectivity index (χ3v) is 4.52. The van der Waals surface area contributed by atoms with E-state index >= 15 is 0 Å². The molecule has 2 N–H and O–H groups in total. The number of rotatable bonds is 4. The fraction of sp³-hybridized carbons (Fsp3) is 0.562. The van der Waals surface area contributed by atoms with E-state index in [1.54, 1.807) is 24.4 Å². The highest BCUT2D eigenvalue weighted by molar-refractivity contribution is 5.76. The lowest BCUT2D eigenvalue weighted by molar-refractivity contribution is -0.123. The molecule has 7 nitrogen and oxygen atoms in total. The van der Waals surface area contributed by atoms with Crippen LogP contribution in [0.15, 0.2) is 29.2 Å². The number of aromatic nitrogens is 3. The minimum absolute atomic E-state index is 0.0252. The normalized spacial score (nSPS) is 22.0. The molecule has 23 heavy (non-hydrogen) atoms. The van der Waals surface area contributed by atoms with Crippen LogP contribution in [-0.2, 0) is 11.3 Å². The SMILES string of the molecule is O=C(Cn1nc2ccccn2c1=O)NC1CCCCCC1CO. The highest BCUT2D eigenvalue weighted by atomic mass is 16.3. The third-order valence-electron chi connectivity index (χ3n) is 4.52. The summed E-state index contributed by atoms with van der Waals surface area (Å²) in [4.78, 5) is 24.5. The number of fused-ring (bicyclic) bond motifs is 1. The van der Waals surface area contributed by atoms with Crippen LogP contribution in [0.3, 0.4) is 0 Å². The van der Waals surface area contributed by atoms with Gasteiger partial charge in [-0.1, -0.05) is 25.3 Å². The standard InChI is InChI=1S/C16H22N4O3/c21-11-12-6-2-1-3-7-13(12)17-15(22)10-20-16(23)19-9-5-4-8-14(19)18-20/h4-5,8-9,12-13,21H,1-3,6-7,10-11H2,(H,17,22). The molecule has 2 atom stereocenters. The predicted octanol–water partition coefficient (Wildman–Crippen LogP) is 0.553. The van der Waals surface area contributed by atoms with E-state index in [9.17, 15) is 14.7 Å². The molecule has 1 fully saturated rings. The van der Waals surface area contributed by atoms with Crippen LogP contribution in [0.5, 0.6) is 0 Å². The summed E-state index contributed by atoms with van der Waals surface area (Å²) in [7, 11) is 0. The van der Waals surface area contributed by atoms with Crippen molar-refractivity contribution in [2.75, 3.05) is 6.61 Å². The van der Waals surface area contributed by atoms with Crippen LogP contribution in [0.2, 0.25) is 0 Å². The Kier molecular flexibility index (Phi) is 4.76. The maximum Gasteiger partial charge on any atom is 0.350 e. The van der Waals surface area contributed by atoms with Crippen LogP contribution >= 0.6 is 0 Å². The average Bonchev–Trinajstić information content (AvgIpc) is 2.73. The summed E-state index contributed by atoms with van der Waals surface area (Å²) in [5.74, 6) is -0.139. The molecule has 1 aliphatic carbocycles. The number of hydrogen-bond donors (Lipinski definition) is 2. The molecule has 1 aliphatic rings. The first kappa shape index (κ1) is 15.7. The molecule has 7 heteroatoms. The number of carbonyl (C=O) groups excluding carboxylic acids is 1. The summed E-state index contributed by atoms with van der Waals surface area (Å²) in [6, 6.07) is 5.24. The summed E-state index contributed by atoms with van der Waals surface area (Å²) in [5.41, 5.74) is 0.198. The smallest absolute Gasteiger partial charge is 0.350 e. The highest BCUT2D eigenvalue weighted by Crippen LogP contribution is 2.23. The van der Waals surface area contributed by atoms with Gasteiger partial charge in [0.05, 0.1) is 0 Å². The van der Waals surface area contributed by atoms with E-state index in [2.05, 4.69) is 10.4 Å². The van der Waals surface area contributed by atoms with Crippen molar-refractivity contribution >= 4 is 11.6 Å². The van der Waals surface area contributed by atoms with Crippen molar-refractivity contribution in [2.45, 2.75) is 44.7 Å². The van der Waals surface area contributed by atoms with E-state index < -0.39 is 0 Å². The van der Waals surface area contributed by atoms with Gasteiger partial charge in [0.25, 0.3) is 0 Å². The maximum absolute atomic E-state index is 12.3. The molecule has 2 heterocycles. The van der Waals surface area contributed by atoms with Crippen molar-refractivity contribution in [3.05, 3.63) is 34.9 Å². The first-order chi connectivity index (χ1) is 11.2. The molecule has 1 saturated carbocycles. The molecule has 2 aromatic rings. The third kappa shape index (κ3) is 3.44. The Labute approximate surface area is 133 Å². The summed E-state index contributed by atoms with van der Waals surface area (Å²) < 4.78 is 2.59. The number of aliphatic hydroxyl groups is 1. The van der Waals surface area contributed by atoms with Crippen molar-refractivity contribution in [3.8, 4) is 0 Å². The summed E-state index contributed by atoms with van der Waals surface area (Å²) in [5, 5.41) is 16.6. The first-order valence-electron chi connectivity index (χ1n) is 8.13. The van der Waals surface area contributed by atoms with Crippen LogP contribution in [0, 0.1) is 5.92 Å². The lowest BCUT2D eigenvalue weighted by Gasteiger charge is -2.24. The number of pyridine rings is 1. The minimum Gasteiger partial charge on any atom is -0.396 e. The molecule has 0 saturated heterocycles. The number of aliphatic hydroxyl groups excluding tert-OH is 1. The lowest BCUT2D eigenvalue weighted by atomic mass is 9.95. The van der Waals surface area contributed by atoms with Crippen molar-refractivity contribution in [2.24, 2.45) is 5.92 Å². The summed E-state index contributed by atoms with van der Waals surface area (Å²) in [6.07, 6.45) is 6.70. The van der Waals surface area contributed by atoms with Gasteiger partial charge in [-0.05, 0) is 25.0 Å². The maximum atomic E-state index is 12.3. The van der Waals surface area contributed by atoms with E-state index in [-0.39, 0.29) is 36.7 Å². The van der Waals surface area contributed by atoms with Gasteiger partial charge in [0.15, 0.2) is 5.65 Å². The molecular formula is C16H22N4O3. The topological polar surface area (TPSA) is 88.6 Å². The fourth-order valence-corrected chi connectivity index (χ4v) is 3.25. The zero-order valence-corrected chi connectivity index (χ0v) is 13.0. The Morgan fingerprint density at radius 3 is 2.91 bits per heavy atom. The number of hydrogen-bond acceptors (Lipinski definition) is 4. The Balaban J connectivity index is 1.70. The van der Waals surface area contributed by atoms with Gasteiger partial charge in [0.2, 0.25) is 5.91 Å². The van der Waals surface area contributed by atoms with Crippen molar-refractivity contribution in [1.82, 2.24) is 19.5 Å². The van der Waals surface area contributed by atoms with Gasteiger partial charge in [-0.25, -0.2) is 9.48 Å². The van der Waals surface area contributed by atoms with Crippen molar-refractivity contribution < 1.29 is 9.90 Å². The molecule has 0 bridgehead atoms. The second-order valence-electron chi connectivity index (χ2n) is 6.12. The van der Waals surface area contributed by atoms with Crippen molar-refractivity contribution in [1.29, 1.82) is 0 Å². The van der Waals surface area contributed by atoms with E-state index in [1.807, 2.05) is 0 Å². The van der Waals surface area contributed by atoms with Gasteiger partial charge in [0.1, 0.15) is 6.54 Å². The lowest BCUT2D eigenvalue weighted by Crippen LogP contribution is -2.43. The zero-order valence-electron chi connectivity index (χ0n) is 13.0. The zero-order chi connectivity index (χ0) is 16.2. The molecule has 0 aliphatic heterocycles. The van der Waals surface area contributed by atoms with Gasteiger partial charge < -0.3 is 10.4 Å². The van der Waals surface area contributed by atoms with Crippen LogP contribution < -0.4 is 11.0 Å². The molecule has 0 spiro atoms. The molecular weight excluding hydrogens is 296 g/mol. The largest absolute Gasteiger partial charge is 0.396 e. The fourth-order valence-electron chi connectivity index (χ4n) is 3.25. The molecule has 1 amide bonds. The van der Waals surface area contributed by atoms with Crippen LogP contribution in [-0.4, -0.2) is 37.8 Å². The molecule has 124 valence electrons. The Hall–Kier alpha value is -2.15. The van der Waals surface area contributed by atoms with E-state index in [4.69, 9.17) is 0 Å². The number of nitrogens with one attached hydrogen (secondary N) is 1. The molecule has 3 rings (SSSR count). The number of nitrogens with zero attached hydrogens (tertiary/aromatic N) is 3. The highest BCUT2D eigenvalue weighted by Gasteiger charge is 2.25. The molecule has 2 unspecified atom stereocenters. The molecule has 0 aromatic carbocycles. The van der Waals surface area contributed by atoms with E-state index in [0.717, 1.165) is 32.1 Å². The van der Waals surface area contributed by atoms with Gasteiger partial charge in [-0.15, -0.1) is 5.10 Å². The average molecular weight is 318 g/mol. The predicted molar refractivity (Wildman–Crippen MR) is 85.0 cm³/mol. The second-order valence-corrected chi connectivity index (χ2v) is 6.12. The Bertz CT molecular complexity index is 736. The monoisotopic (exact) mass is 318 g/mol. The molecule has 2 aromatic heterocycles. The first-order valence-corrected chi connectivity index (χ1v) is 8.13. The van der Waals surface area contributed by atoms with Crippen LogP contribution in [0.25, 0.3) is 5.65 Å². The van der Waals surface area contributed by atoms with Gasteiger partial charge in [-0.2, -0.15) is 0 Å². The molecule has 0 radical (unpaired) electrons. The minimum atomic E-state index is -0.324. The number of carbonyl (C=O) groups is 1. The van der Waals surface area contributed by atoms with Gasteiger partial charge >= 0.3 is 5.69 Å². The quantitative estimate of drug-likeness (QED) is 0.806. The van der Waals surface area contributed by atoms with Crippen molar-refractivity contribution in [3.63, 3.8) is 0 Å². The number of amides is 1. The van der Waals surface area contributed by atoms with E-state index in [0.29, 0.717) is 5.65 Å².